The monoisotopic (exact) mass is 279 g/mol. The third-order valence-electron chi connectivity index (χ3n) is 4.44. The molecule has 1 aromatic rings. The Hall–Kier alpha value is -1.02. The summed E-state index contributed by atoms with van der Waals surface area (Å²) in [5.41, 5.74) is 1.58. The van der Waals surface area contributed by atoms with Crippen molar-refractivity contribution in [3.05, 3.63) is 28.8 Å². The molecule has 0 saturated heterocycles. The number of hydrogen-bond donors (Lipinski definition) is 0. The molecule has 1 aromatic carbocycles. The summed E-state index contributed by atoms with van der Waals surface area (Å²) in [6.07, 6.45) is 7.13. The first-order chi connectivity index (χ1) is 9.17. The maximum atomic E-state index is 11.2. The van der Waals surface area contributed by atoms with Crippen molar-refractivity contribution in [3.63, 3.8) is 0 Å². The summed E-state index contributed by atoms with van der Waals surface area (Å²) in [4.78, 5) is 13.4. The molecule has 0 heterocycles. The lowest BCUT2D eigenvalue weighted by atomic mass is 9.84. The zero-order valence-corrected chi connectivity index (χ0v) is 12.5. The van der Waals surface area contributed by atoms with Crippen LogP contribution in [0.4, 0.5) is 5.69 Å². The second-order valence-corrected chi connectivity index (χ2v) is 5.90. The molecule has 1 fully saturated rings. The fourth-order valence-corrected chi connectivity index (χ4v) is 3.44. The van der Waals surface area contributed by atoms with Crippen molar-refractivity contribution >= 4 is 23.6 Å². The second-order valence-electron chi connectivity index (χ2n) is 5.49. The quantitative estimate of drug-likeness (QED) is 0.753. The highest BCUT2D eigenvalue weighted by atomic mass is 35.5. The molecule has 2 rings (SSSR count). The Morgan fingerprint density at radius 2 is 2.00 bits per heavy atom. The summed E-state index contributed by atoms with van der Waals surface area (Å²) < 4.78 is 0. The standard InChI is InChI=1S/C16H22ClNO/c1-3-12-7-9-14(10-8-12)18(2)16-13(11-19)5-4-6-15(16)17/h4-6,11-12,14H,3,7-10H2,1-2H3. The van der Waals surface area contributed by atoms with E-state index in [9.17, 15) is 4.79 Å². The summed E-state index contributed by atoms with van der Waals surface area (Å²) in [6.45, 7) is 2.27. The van der Waals surface area contributed by atoms with Crippen molar-refractivity contribution < 1.29 is 4.79 Å². The summed E-state index contributed by atoms with van der Waals surface area (Å²) in [6, 6.07) is 6.03. The third-order valence-corrected chi connectivity index (χ3v) is 4.74. The maximum absolute atomic E-state index is 11.2. The molecule has 3 heteroatoms. The van der Waals surface area contributed by atoms with Crippen LogP contribution >= 0.6 is 11.6 Å². The highest BCUT2D eigenvalue weighted by Crippen LogP contribution is 2.35. The molecule has 19 heavy (non-hydrogen) atoms. The van der Waals surface area contributed by atoms with Crippen LogP contribution in [0, 0.1) is 5.92 Å². The molecule has 0 radical (unpaired) electrons. The van der Waals surface area contributed by atoms with Crippen molar-refractivity contribution in [2.45, 2.75) is 45.1 Å². The van der Waals surface area contributed by atoms with Gasteiger partial charge in [-0.2, -0.15) is 0 Å². The van der Waals surface area contributed by atoms with Gasteiger partial charge in [-0.3, -0.25) is 4.79 Å². The number of halogens is 1. The van der Waals surface area contributed by atoms with E-state index in [2.05, 4.69) is 18.9 Å². The minimum absolute atomic E-state index is 0.501. The molecule has 1 aliphatic rings. The van der Waals surface area contributed by atoms with Crippen LogP contribution < -0.4 is 4.90 Å². The van der Waals surface area contributed by atoms with Crippen molar-refractivity contribution in [2.24, 2.45) is 5.92 Å². The molecular formula is C16H22ClNO. The first-order valence-corrected chi connectivity index (χ1v) is 7.51. The molecular weight excluding hydrogens is 258 g/mol. The van der Waals surface area contributed by atoms with E-state index in [0.717, 1.165) is 17.9 Å². The fourth-order valence-electron chi connectivity index (χ4n) is 3.12. The molecule has 0 amide bonds. The number of benzene rings is 1. The second kappa shape index (κ2) is 6.42. The van der Waals surface area contributed by atoms with Crippen LogP contribution in [-0.4, -0.2) is 19.4 Å². The van der Waals surface area contributed by atoms with E-state index in [1.54, 1.807) is 0 Å². The Morgan fingerprint density at radius 1 is 1.32 bits per heavy atom. The average molecular weight is 280 g/mol. The largest absolute Gasteiger partial charge is 0.370 e. The molecule has 0 spiro atoms. The zero-order chi connectivity index (χ0) is 13.8. The van der Waals surface area contributed by atoms with Crippen LogP contribution in [0.5, 0.6) is 0 Å². The van der Waals surface area contributed by atoms with Gasteiger partial charge >= 0.3 is 0 Å². The van der Waals surface area contributed by atoms with Gasteiger partial charge in [0.1, 0.15) is 0 Å². The molecule has 1 saturated carbocycles. The van der Waals surface area contributed by atoms with Crippen LogP contribution in [0.15, 0.2) is 18.2 Å². The Morgan fingerprint density at radius 3 is 2.58 bits per heavy atom. The fraction of sp³-hybridized carbons (Fsp3) is 0.562. The summed E-state index contributed by atoms with van der Waals surface area (Å²) in [5, 5.41) is 0.671. The SMILES string of the molecule is CCC1CCC(N(C)c2c(Cl)cccc2C=O)CC1. The molecule has 1 aliphatic carbocycles. The predicted octanol–water partition coefficient (Wildman–Crippen LogP) is 4.56. The minimum Gasteiger partial charge on any atom is -0.370 e. The number of hydrogen-bond acceptors (Lipinski definition) is 2. The van der Waals surface area contributed by atoms with E-state index in [0.29, 0.717) is 16.6 Å². The Bertz CT molecular complexity index is 438. The highest BCUT2D eigenvalue weighted by molar-refractivity contribution is 6.33. The van der Waals surface area contributed by atoms with Gasteiger partial charge in [-0.1, -0.05) is 31.0 Å². The number of rotatable bonds is 4. The van der Waals surface area contributed by atoms with Gasteiger partial charge in [0.25, 0.3) is 0 Å². The van der Waals surface area contributed by atoms with E-state index in [-0.39, 0.29) is 0 Å². The lowest BCUT2D eigenvalue weighted by Crippen LogP contribution is -2.35. The molecule has 104 valence electrons. The van der Waals surface area contributed by atoms with Crippen molar-refractivity contribution in [2.75, 3.05) is 11.9 Å². The summed E-state index contributed by atoms with van der Waals surface area (Å²) in [7, 11) is 2.06. The maximum Gasteiger partial charge on any atom is 0.152 e. The Balaban J connectivity index is 2.16. The predicted molar refractivity (Wildman–Crippen MR) is 81.3 cm³/mol. The molecule has 0 bridgehead atoms. The van der Waals surface area contributed by atoms with E-state index < -0.39 is 0 Å². The van der Waals surface area contributed by atoms with Crippen molar-refractivity contribution in [1.82, 2.24) is 0 Å². The van der Waals surface area contributed by atoms with Gasteiger partial charge in [-0.25, -0.2) is 0 Å². The summed E-state index contributed by atoms with van der Waals surface area (Å²) >= 11 is 6.28. The lowest BCUT2D eigenvalue weighted by Gasteiger charge is -2.36. The lowest BCUT2D eigenvalue weighted by molar-refractivity contribution is 0.112. The molecule has 0 unspecified atom stereocenters. The topological polar surface area (TPSA) is 20.3 Å². The van der Waals surface area contributed by atoms with Gasteiger partial charge < -0.3 is 4.90 Å². The number of carbonyl (C=O) groups excluding carboxylic acids is 1. The van der Waals surface area contributed by atoms with E-state index in [1.807, 2.05) is 18.2 Å². The van der Waals surface area contributed by atoms with E-state index >= 15 is 0 Å². The number of aldehydes is 1. The normalized spacial score (nSPS) is 23.1. The molecule has 2 nitrogen and oxygen atoms in total. The van der Waals surface area contributed by atoms with E-state index in [4.69, 9.17) is 11.6 Å². The van der Waals surface area contributed by atoms with Gasteiger partial charge in [0.05, 0.1) is 10.7 Å². The van der Waals surface area contributed by atoms with E-state index in [1.165, 1.54) is 32.1 Å². The number of para-hydroxylation sites is 1. The van der Waals surface area contributed by atoms with Gasteiger partial charge in [-0.05, 0) is 43.7 Å². The van der Waals surface area contributed by atoms with Gasteiger partial charge in [0.2, 0.25) is 0 Å². The van der Waals surface area contributed by atoms with Gasteiger partial charge in [0.15, 0.2) is 6.29 Å². The van der Waals surface area contributed by atoms with Crippen LogP contribution in [0.1, 0.15) is 49.4 Å². The van der Waals surface area contributed by atoms with Crippen LogP contribution in [0.2, 0.25) is 5.02 Å². The first kappa shape index (κ1) is 14.4. The van der Waals surface area contributed by atoms with Crippen LogP contribution in [0.25, 0.3) is 0 Å². The average Bonchev–Trinajstić information content (AvgIpc) is 2.46. The number of nitrogens with zero attached hydrogens (tertiary/aromatic N) is 1. The van der Waals surface area contributed by atoms with Crippen molar-refractivity contribution in [1.29, 1.82) is 0 Å². The first-order valence-electron chi connectivity index (χ1n) is 7.13. The molecule has 0 aromatic heterocycles. The highest BCUT2D eigenvalue weighted by Gasteiger charge is 2.25. The molecule has 0 N–H and O–H groups in total. The van der Waals surface area contributed by atoms with Gasteiger partial charge in [-0.15, -0.1) is 0 Å². The smallest absolute Gasteiger partial charge is 0.152 e. The Labute approximate surface area is 120 Å². The molecule has 0 atom stereocenters. The van der Waals surface area contributed by atoms with Crippen LogP contribution in [-0.2, 0) is 0 Å². The Kier molecular flexibility index (Phi) is 4.87. The number of anilines is 1. The third kappa shape index (κ3) is 3.11. The minimum atomic E-state index is 0.501. The van der Waals surface area contributed by atoms with Crippen molar-refractivity contribution in [3.8, 4) is 0 Å². The summed E-state index contributed by atoms with van der Waals surface area (Å²) in [5.74, 6) is 0.876. The zero-order valence-electron chi connectivity index (χ0n) is 11.7. The molecule has 0 aliphatic heterocycles. The number of carbonyl (C=O) groups is 1. The van der Waals surface area contributed by atoms with Gasteiger partial charge in [0, 0.05) is 18.7 Å². The van der Waals surface area contributed by atoms with Crippen LogP contribution in [0.3, 0.4) is 0 Å².